The van der Waals surface area contributed by atoms with E-state index in [0.29, 0.717) is 22.0 Å². The van der Waals surface area contributed by atoms with E-state index in [4.69, 9.17) is 17.3 Å². The fourth-order valence-corrected chi connectivity index (χ4v) is 2.50. The number of benzene rings is 2. The highest BCUT2D eigenvalue weighted by Gasteiger charge is 2.15. The second-order valence-corrected chi connectivity index (χ2v) is 5.41. The molecular formula is C16H18ClN3O. The van der Waals surface area contributed by atoms with Crippen LogP contribution in [0.3, 0.4) is 0 Å². The first kappa shape index (κ1) is 15.2. The van der Waals surface area contributed by atoms with Crippen molar-refractivity contribution >= 4 is 34.6 Å². The Bertz CT molecular complexity index is 683. The lowest BCUT2D eigenvalue weighted by Crippen LogP contribution is -2.18. The number of rotatable bonds is 3. The van der Waals surface area contributed by atoms with Crippen LogP contribution >= 0.6 is 11.6 Å². The Labute approximate surface area is 129 Å². The molecule has 0 bridgehead atoms. The number of hydrogen-bond acceptors (Lipinski definition) is 3. The van der Waals surface area contributed by atoms with Crippen molar-refractivity contribution in [1.82, 2.24) is 0 Å². The molecule has 2 rings (SSSR count). The van der Waals surface area contributed by atoms with E-state index in [1.165, 1.54) is 0 Å². The normalized spacial score (nSPS) is 10.3. The summed E-state index contributed by atoms with van der Waals surface area (Å²) in [4.78, 5) is 14.3. The molecule has 0 saturated carbocycles. The van der Waals surface area contributed by atoms with E-state index in [1.807, 2.05) is 32.0 Å². The molecule has 2 aromatic carbocycles. The third-order valence-corrected chi connectivity index (χ3v) is 3.61. The largest absolute Gasteiger partial charge is 0.398 e. The number of anilines is 3. The van der Waals surface area contributed by atoms with Gasteiger partial charge in [0.2, 0.25) is 0 Å². The van der Waals surface area contributed by atoms with Crippen molar-refractivity contribution < 1.29 is 4.79 Å². The maximum Gasteiger partial charge on any atom is 0.256 e. The summed E-state index contributed by atoms with van der Waals surface area (Å²) >= 11 is 6.20. The SMILES string of the molecule is Cc1c(N)cccc1C(=O)Nc1cccc(Cl)c1N(C)C. The van der Waals surface area contributed by atoms with E-state index >= 15 is 0 Å². The van der Waals surface area contributed by atoms with Gasteiger partial charge in [-0.25, -0.2) is 0 Å². The molecule has 0 aromatic heterocycles. The summed E-state index contributed by atoms with van der Waals surface area (Å²) in [6.07, 6.45) is 0. The predicted molar refractivity (Wildman–Crippen MR) is 89.3 cm³/mol. The van der Waals surface area contributed by atoms with Crippen molar-refractivity contribution in [1.29, 1.82) is 0 Å². The second kappa shape index (κ2) is 6.06. The van der Waals surface area contributed by atoms with Gasteiger partial charge in [0, 0.05) is 25.3 Å². The number of nitrogen functional groups attached to an aromatic ring is 1. The average Bonchev–Trinajstić information content (AvgIpc) is 2.41. The molecule has 0 atom stereocenters. The van der Waals surface area contributed by atoms with Crippen LogP contribution in [0, 0.1) is 6.92 Å². The summed E-state index contributed by atoms with van der Waals surface area (Å²) in [7, 11) is 3.76. The number of para-hydroxylation sites is 1. The summed E-state index contributed by atoms with van der Waals surface area (Å²) in [5, 5.41) is 3.48. The minimum atomic E-state index is -0.204. The Morgan fingerprint density at radius 1 is 1.19 bits per heavy atom. The quantitative estimate of drug-likeness (QED) is 0.853. The number of halogens is 1. The zero-order valence-corrected chi connectivity index (χ0v) is 13.0. The number of nitrogens with zero attached hydrogens (tertiary/aromatic N) is 1. The molecule has 0 saturated heterocycles. The van der Waals surface area contributed by atoms with Gasteiger partial charge < -0.3 is 16.0 Å². The predicted octanol–water partition coefficient (Wildman–Crippen LogP) is 3.55. The summed E-state index contributed by atoms with van der Waals surface area (Å²) < 4.78 is 0. The highest BCUT2D eigenvalue weighted by Crippen LogP contribution is 2.33. The van der Waals surface area contributed by atoms with Gasteiger partial charge in [-0.3, -0.25) is 4.79 Å². The third kappa shape index (κ3) is 3.11. The Morgan fingerprint density at radius 3 is 2.52 bits per heavy atom. The molecule has 5 heteroatoms. The fourth-order valence-electron chi connectivity index (χ4n) is 2.16. The van der Waals surface area contributed by atoms with E-state index < -0.39 is 0 Å². The van der Waals surface area contributed by atoms with Crippen molar-refractivity contribution in [2.24, 2.45) is 0 Å². The molecule has 0 radical (unpaired) electrons. The first-order valence-electron chi connectivity index (χ1n) is 6.54. The topological polar surface area (TPSA) is 58.4 Å². The maximum atomic E-state index is 12.4. The van der Waals surface area contributed by atoms with Crippen LogP contribution in [-0.2, 0) is 0 Å². The summed E-state index contributed by atoms with van der Waals surface area (Å²) in [6.45, 7) is 1.83. The zero-order chi connectivity index (χ0) is 15.6. The van der Waals surface area contributed by atoms with Crippen LogP contribution in [0.1, 0.15) is 15.9 Å². The van der Waals surface area contributed by atoms with Gasteiger partial charge in [-0.2, -0.15) is 0 Å². The molecule has 0 unspecified atom stereocenters. The van der Waals surface area contributed by atoms with E-state index in [9.17, 15) is 4.79 Å². The van der Waals surface area contributed by atoms with Crippen molar-refractivity contribution in [3.8, 4) is 0 Å². The molecule has 0 aliphatic carbocycles. The third-order valence-electron chi connectivity index (χ3n) is 3.30. The lowest BCUT2D eigenvalue weighted by molar-refractivity contribution is 0.102. The zero-order valence-electron chi connectivity index (χ0n) is 12.3. The van der Waals surface area contributed by atoms with Crippen LogP contribution in [0.4, 0.5) is 17.1 Å². The number of amides is 1. The minimum Gasteiger partial charge on any atom is -0.398 e. The summed E-state index contributed by atoms with van der Waals surface area (Å²) in [5.41, 5.74) is 9.20. The Balaban J connectivity index is 2.37. The summed E-state index contributed by atoms with van der Waals surface area (Å²) in [5.74, 6) is -0.204. The fraction of sp³-hybridized carbons (Fsp3) is 0.188. The van der Waals surface area contributed by atoms with E-state index in [-0.39, 0.29) is 5.91 Å². The summed E-state index contributed by atoms with van der Waals surface area (Å²) in [6, 6.07) is 10.7. The van der Waals surface area contributed by atoms with Crippen LogP contribution in [0.5, 0.6) is 0 Å². The molecule has 110 valence electrons. The van der Waals surface area contributed by atoms with E-state index in [1.54, 1.807) is 30.3 Å². The first-order chi connectivity index (χ1) is 9.91. The molecular weight excluding hydrogens is 286 g/mol. The monoisotopic (exact) mass is 303 g/mol. The Kier molecular flexibility index (Phi) is 4.38. The number of nitrogens with one attached hydrogen (secondary N) is 1. The van der Waals surface area contributed by atoms with Crippen molar-refractivity contribution in [2.45, 2.75) is 6.92 Å². The minimum absolute atomic E-state index is 0.204. The van der Waals surface area contributed by atoms with Crippen LogP contribution in [-0.4, -0.2) is 20.0 Å². The lowest BCUT2D eigenvalue weighted by Gasteiger charge is -2.19. The van der Waals surface area contributed by atoms with Crippen molar-refractivity contribution in [3.05, 3.63) is 52.5 Å². The van der Waals surface area contributed by atoms with Crippen LogP contribution in [0.2, 0.25) is 5.02 Å². The molecule has 0 spiro atoms. The van der Waals surface area contributed by atoms with Gasteiger partial charge in [0.05, 0.1) is 16.4 Å². The number of carbonyl (C=O) groups excluding carboxylic acids is 1. The average molecular weight is 304 g/mol. The van der Waals surface area contributed by atoms with Gasteiger partial charge in [-0.15, -0.1) is 0 Å². The van der Waals surface area contributed by atoms with Crippen LogP contribution < -0.4 is 16.0 Å². The molecule has 2 aromatic rings. The molecule has 0 fully saturated rings. The second-order valence-electron chi connectivity index (χ2n) is 5.00. The molecule has 4 nitrogen and oxygen atoms in total. The molecule has 0 heterocycles. The van der Waals surface area contributed by atoms with E-state index in [2.05, 4.69) is 5.32 Å². The molecule has 0 aliphatic heterocycles. The maximum absolute atomic E-state index is 12.4. The van der Waals surface area contributed by atoms with Gasteiger partial charge in [-0.1, -0.05) is 23.7 Å². The van der Waals surface area contributed by atoms with Gasteiger partial charge in [-0.05, 0) is 36.8 Å². The highest BCUT2D eigenvalue weighted by molar-refractivity contribution is 6.34. The Hall–Kier alpha value is -2.20. The van der Waals surface area contributed by atoms with Gasteiger partial charge in [0.1, 0.15) is 0 Å². The number of carbonyl (C=O) groups is 1. The Morgan fingerprint density at radius 2 is 1.86 bits per heavy atom. The standard InChI is InChI=1S/C16H18ClN3O/c1-10-11(6-4-8-13(10)18)16(21)19-14-9-5-7-12(17)15(14)20(2)3/h4-9H,18H2,1-3H3,(H,19,21). The molecule has 0 aliphatic rings. The molecule has 3 N–H and O–H groups in total. The smallest absolute Gasteiger partial charge is 0.256 e. The van der Waals surface area contributed by atoms with Crippen LogP contribution in [0.25, 0.3) is 0 Å². The molecule has 21 heavy (non-hydrogen) atoms. The van der Waals surface area contributed by atoms with Gasteiger partial charge in [0.25, 0.3) is 5.91 Å². The van der Waals surface area contributed by atoms with Gasteiger partial charge >= 0.3 is 0 Å². The van der Waals surface area contributed by atoms with Crippen LogP contribution in [0.15, 0.2) is 36.4 Å². The lowest BCUT2D eigenvalue weighted by atomic mass is 10.1. The van der Waals surface area contributed by atoms with E-state index in [0.717, 1.165) is 11.3 Å². The molecule has 1 amide bonds. The number of nitrogens with two attached hydrogens (primary N) is 1. The highest BCUT2D eigenvalue weighted by atomic mass is 35.5. The van der Waals surface area contributed by atoms with Crippen molar-refractivity contribution in [3.63, 3.8) is 0 Å². The van der Waals surface area contributed by atoms with Gasteiger partial charge in [0.15, 0.2) is 0 Å². The number of hydrogen-bond donors (Lipinski definition) is 2. The van der Waals surface area contributed by atoms with Crippen molar-refractivity contribution in [2.75, 3.05) is 30.0 Å². The first-order valence-corrected chi connectivity index (χ1v) is 6.92.